The number of rotatable bonds is 3. The maximum Gasteiger partial charge on any atom is 0.141 e. The molecular weight excluding hydrogens is 214 g/mol. The summed E-state index contributed by atoms with van der Waals surface area (Å²) >= 11 is 0. The van der Waals surface area contributed by atoms with Crippen LogP contribution in [0, 0.1) is 11.3 Å². The van der Waals surface area contributed by atoms with Crippen molar-refractivity contribution in [2.45, 2.75) is 25.7 Å². The van der Waals surface area contributed by atoms with Crippen molar-refractivity contribution in [3.8, 4) is 0 Å². The molecule has 1 aromatic rings. The van der Waals surface area contributed by atoms with Crippen molar-refractivity contribution in [3.05, 3.63) is 18.0 Å². The molecule has 1 atom stereocenters. The number of ketones is 1. The molecule has 0 radical (unpaired) electrons. The number of carbonyl (C=O) groups is 1. The van der Waals surface area contributed by atoms with Crippen LogP contribution >= 0.6 is 0 Å². The van der Waals surface area contributed by atoms with Gasteiger partial charge in [-0.15, -0.1) is 0 Å². The molecule has 4 nitrogen and oxygen atoms in total. The first kappa shape index (κ1) is 11.0. The number of Topliss-reactive ketones (excluding diaryl/α,β-unsaturated/α-hetero) is 1. The Balaban J connectivity index is 1.61. The fourth-order valence-electron chi connectivity index (χ4n) is 3.17. The number of nitrogens with one attached hydrogen (secondary N) is 1. The number of nitrogens with zero attached hydrogens (tertiary/aromatic N) is 2. The average molecular weight is 233 g/mol. The third kappa shape index (κ3) is 2.02. The van der Waals surface area contributed by atoms with Crippen molar-refractivity contribution in [1.82, 2.24) is 15.1 Å². The van der Waals surface area contributed by atoms with E-state index in [1.807, 2.05) is 13.2 Å². The minimum absolute atomic E-state index is 0.324. The van der Waals surface area contributed by atoms with Gasteiger partial charge < -0.3 is 5.32 Å². The molecule has 3 rings (SSSR count). The average Bonchev–Trinajstić information content (AvgIpc) is 2.85. The van der Waals surface area contributed by atoms with E-state index in [9.17, 15) is 4.79 Å². The van der Waals surface area contributed by atoms with Crippen LogP contribution in [0.1, 0.15) is 24.8 Å². The Hall–Kier alpha value is -1.16. The molecule has 1 saturated heterocycles. The van der Waals surface area contributed by atoms with Crippen LogP contribution in [0.4, 0.5) is 0 Å². The predicted molar refractivity (Wildman–Crippen MR) is 64.6 cm³/mol. The molecule has 0 amide bonds. The minimum atomic E-state index is 0.324. The lowest BCUT2D eigenvalue weighted by atomic mass is 9.90. The Labute approximate surface area is 101 Å². The van der Waals surface area contributed by atoms with E-state index in [0.717, 1.165) is 25.1 Å². The van der Waals surface area contributed by atoms with Gasteiger partial charge in [-0.3, -0.25) is 9.48 Å². The van der Waals surface area contributed by atoms with E-state index < -0.39 is 0 Å². The molecule has 1 unspecified atom stereocenters. The minimum Gasteiger partial charge on any atom is -0.317 e. The summed E-state index contributed by atoms with van der Waals surface area (Å²) in [7, 11) is 1.89. The molecule has 1 aliphatic heterocycles. The van der Waals surface area contributed by atoms with Gasteiger partial charge in [0.15, 0.2) is 0 Å². The maximum atomic E-state index is 12.2. The standard InChI is InChI=1S/C13H19N3O/c1-16-9-10(8-15-16)6-12(17)11-7-13(11)2-4-14-5-3-13/h8-9,11,14H,2-7H2,1H3. The molecule has 4 heteroatoms. The Kier molecular flexibility index (Phi) is 2.54. The second-order valence-corrected chi connectivity index (χ2v) is 5.53. The van der Waals surface area contributed by atoms with Crippen molar-refractivity contribution >= 4 is 5.78 Å². The summed E-state index contributed by atoms with van der Waals surface area (Å²) < 4.78 is 1.76. The monoisotopic (exact) mass is 233 g/mol. The van der Waals surface area contributed by atoms with Crippen molar-refractivity contribution in [2.24, 2.45) is 18.4 Å². The number of aromatic nitrogens is 2. The first-order chi connectivity index (χ1) is 8.20. The Morgan fingerprint density at radius 1 is 1.59 bits per heavy atom. The highest BCUT2D eigenvalue weighted by molar-refractivity contribution is 5.86. The van der Waals surface area contributed by atoms with Crippen molar-refractivity contribution in [3.63, 3.8) is 0 Å². The number of hydrogen-bond acceptors (Lipinski definition) is 3. The third-order valence-corrected chi connectivity index (χ3v) is 4.31. The van der Waals surface area contributed by atoms with Gasteiger partial charge in [-0.05, 0) is 43.3 Å². The van der Waals surface area contributed by atoms with Crippen LogP contribution in [0.5, 0.6) is 0 Å². The van der Waals surface area contributed by atoms with Gasteiger partial charge in [-0.25, -0.2) is 0 Å². The Morgan fingerprint density at radius 2 is 2.35 bits per heavy atom. The number of piperidine rings is 1. The molecular formula is C13H19N3O. The van der Waals surface area contributed by atoms with Gasteiger partial charge in [-0.1, -0.05) is 0 Å². The van der Waals surface area contributed by atoms with Gasteiger partial charge in [0.25, 0.3) is 0 Å². The van der Waals surface area contributed by atoms with E-state index in [2.05, 4.69) is 10.4 Å². The van der Waals surface area contributed by atoms with Crippen molar-refractivity contribution < 1.29 is 4.79 Å². The van der Waals surface area contributed by atoms with Crippen LogP contribution in [-0.2, 0) is 18.3 Å². The highest BCUT2D eigenvalue weighted by Crippen LogP contribution is 2.59. The summed E-state index contributed by atoms with van der Waals surface area (Å²) in [4.78, 5) is 12.2. The van der Waals surface area contributed by atoms with Gasteiger partial charge in [0.2, 0.25) is 0 Å². The molecule has 92 valence electrons. The van der Waals surface area contributed by atoms with Gasteiger partial charge in [-0.2, -0.15) is 5.10 Å². The zero-order valence-electron chi connectivity index (χ0n) is 10.3. The summed E-state index contributed by atoms with van der Waals surface area (Å²) in [6.07, 6.45) is 7.78. The van der Waals surface area contributed by atoms with Crippen LogP contribution in [0.2, 0.25) is 0 Å². The lowest BCUT2D eigenvalue weighted by Crippen LogP contribution is -2.30. The summed E-state index contributed by atoms with van der Waals surface area (Å²) in [5, 5.41) is 7.48. The second kappa shape index (κ2) is 3.95. The molecule has 1 aliphatic carbocycles. The highest BCUT2D eigenvalue weighted by Gasteiger charge is 2.56. The predicted octanol–water partition coefficient (Wildman–Crippen LogP) is 0.921. The summed E-state index contributed by atoms with van der Waals surface area (Å²) in [6, 6.07) is 0. The van der Waals surface area contributed by atoms with Crippen LogP contribution < -0.4 is 5.32 Å². The largest absolute Gasteiger partial charge is 0.317 e. The maximum absolute atomic E-state index is 12.2. The first-order valence-corrected chi connectivity index (χ1v) is 6.41. The lowest BCUT2D eigenvalue weighted by Gasteiger charge is -2.23. The smallest absolute Gasteiger partial charge is 0.141 e. The van der Waals surface area contributed by atoms with E-state index in [1.54, 1.807) is 10.9 Å². The number of hydrogen-bond donors (Lipinski definition) is 1. The van der Waals surface area contributed by atoms with E-state index in [0.29, 0.717) is 23.5 Å². The highest BCUT2D eigenvalue weighted by atomic mass is 16.1. The summed E-state index contributed by atoms with van der Waals surface area (Å²) in [6.45, 7) is 2.16. The summed E-state index contributed by atoms with van der Waals surface area (Å²) in [5.41, 5.74) is 1.42. The van der Waals surface area contributed by atoms with Gasteiger partial charge >= 0.3 is 0 Å². The van der Waals surface area contributed by atoms with Crippen LogP contribution in [0.25, 0.3) is 0 Å². The van der Waals surface area contributed by atoms with Crippen LogP contribution in [0.15, 0.2) is 12.4 Å². The van der Waals surface area contributed by atoms with E-state index in [1.165, 1.54) is 12.8 Å². The fraction of sp³-hybridized carbons (Fsp3) is 0.692. The van der Waals surface area contributed by atoms with Gasteiger partial charge in [0.05, 0.1) is 6.20 Å². The summed E-state index contributed by atoms with van der Waals surface area (Å²) in [5.74, 6) is 0.740. The third-order valence-electron chi connectivity index (χ3n) is 4.31. The fourth-order valence-corrected chi connectivity index (χ4v) is 3.17. The molecule has 2 aliphatic rings. The number of aryl methyl sites for hydroxylation is 1. The zero-order valence-corrected chi connectivity index (χ0v) is 10.3. The Bertz CT molecular complexity index is 432. The first-order valence-electron chi connectivity index (χ1n) is 6.41. The molecule has 0 bridgehead atoms. The molecule has 2 fully saturated rings. The lowest BCUT2D eigenvalue weighted by molar-refractivity contribution is -0.120. The van der Waals surface area contributed by atoms with E-state index >= 15 is 0 Å². The molecule has 1 aromatic heterocycles. The SMILES string of the molecule is Cn1cc(CC(=O)C2CC23CCNCC3)cn1. The van der Waals surface area contributed by atoms with Crippen molar-refractivity contribution in [2.75, 3.05) is 13.1 Å². The molecule has 0 aromatic carbocycles. The number of carbonyl (C=O) groups excluding carboxylic acids is 1. The molecule has 1 N–H and O–H groups in total. The zero-order chi connectivity index (χ0) is 11.9. The normalized spacial score (nSPS) is 26.1. The second-order valence-electron chi connectivity index (χ2n) is 5.53. The van der Waals surface area contributed by atoms with Gasteiger partial charge in [0.1, 0.15) is 5.78 Å². The quantitative estimate of drug-likeness (QED) is 0.844. The van der Waals surface area contributed by atoms with Crippen molar-refractivity contribution in [1.29, 1.82) is 0 Å². The van der Waals surface area contributed by atoms with Gasteiger partial charge in [0, 0.05) is 25.6 Å². The van der Waals surface area contributed by atoms with E-state index in [4.69, 9.17) is 0 Å². The molecule has 2 heterocycles. The molecule has 17 heavy (non-hydrogen) atoms. The Morgan fingerprint density at radius 3 is 3.00 bits per heavy atom. The van der Waals surface area contributed by atoms with Crippen LogP contribution in [0.3, 0.4) is 0 Å². The topological polar surface area (TPSA) is 46.9 Å². The molecule has 1 spiro atoms. The van der Waals surface area contributed by atoms with Crippen LogP contribution in [-0.4, -0.2) is 28.7 Å². The van der Waals surface area contributed by atoms with E-state index in [-0.39, 0.29) is 0 Å². The molecule has 1 saturated carbocycles.